The third-order valence-electron chi connectivity index (χ3n) is 4.26. The molecule has 10 heteroatoms. The van der Waals surface area contributed by atoms with Gasteiger partial charge >= 0.3 is 11.6 Å². The first kappa shape index (κ1) is 20.8. The number of benzene rings is 2. The third kappa shape index (κ3) is 4.55. The van der Waals surface area contributed by atoms with Gasteiger partial charge < -0.3 is 24.3 Å². The van der Waals surface area contributed by atoms with E-state index in [1.807, 2.05) is 0 Å². The number of nitro groups is 1. The number of non-ortho nitro benzene ring substituents is 1. The minimum Gasteiger partial charge on any atom is -0.497 e. The Labute approximate surface area is 169 Å². The van der Waals surface area contributed by atoms with Gasteiger partial charge in [-0.1, -0.05) is 0 Å². The van der Waals surface area contributed by atoms with Crippen molar-refractivity contribution in [2.75, 3.05) is 25.6 Å². The Morgan fingerprint density at radius 2 is 2.03 bits per heavy atom. The van der Waals surface area contributed by atoms with Crippen LogP contribution in [0.2, 0.25) is 0 Å². The molecule has 0 bridgehead atoms. The molecule has 3 rings (SSSR count). The van der Waals surface area contributed by atoms with E-state index < -0.39 is 16.5 Å². The molecular weight excluding hydrogens is 396 g/mol. The van der Waals surface area contributed by atoms with E-state index in [1.165, 1.54) is 25.3 Å². The second-order valence-electron chi connectivity index (χ2n) is 6.17. The number of carbonyl (C=O) groups is 1. The summed E-state index contributed by atoms with van der Waals surface area (Å²) in [6.45, 7) is -0.305. The summed E-state index contributed by atoms with van der Waals surface area (Å²) in [5, 5.41) is 23.4. The van der Waals surface area contributed by atoms with E-state index in [4.69, 9.17) is 19.0 Å². The van der Waals surface area contributed by atoms with E-state index in [0.29, 0.717) is 16.7 Å². The quantitative estimate of drug-likeness (QED) is 0.246. The molecule has 0 unspecified atom stereocenters. The molecule has 0 spiro atoms. The lowest BCUT2D eigenvalue weighted by Crippen LogP contribution is -2.13. The Morgan fingerprint density at radius 1 is 1.23 bits per heavy atom. The molecule has 10 nitrogen and oxygen atoms in total. The summed E-state index contributed by atoms with van der Waals surface area (Å²) in [6.07, 6.45) is 0. The fourth-order valence-electron chi connectivity index (χ4n) is 2.84. The van der Waals surface area contributed by atoms with Gasteiger partial charge in [0.05, 0.1) is 24.2 Å². The van der Waals surface area contributed by atoms with Gasteiger partial charge in [-0.05, 0) is 18.2 Å². The molecule has 1 heterocycles. The lowest BCUT2D eigenvalue weighted by molar-refractivity contribution is -0.384. The molecule has 0 atom stereocenters. The molecule has 0 aliphatic rings. The lowest BCUT2D eigenvalue weighted by atomic mass is 10.1. The number of ether oxygens (including phenoxy) is 2. The second-order valence-corrected chi connectivity index (χ2v) is 6.17. The number of esters is 1. The number of hydrogen-bond donors (Lipinski definition) is 2. The predicted molar refractivity (Wildman–Crippen MR) is 107 cm³/mol. The van der Waals surface area contributed by atoms with Crippen LogP contribution in [0.15, 0.2) is 51.7 Å². The number of anilines is 1. The third-order valence-corrected chi connectivity index (χ3v) is 4.26. The fourth-order valence-corrected chi connectivity index (χ4v) is 2.84. The number of nitrogens with one attached hydrogen (secondary N) is 1. The number of aliphatic hydroxyl groups is 1. The van der Waals surface area contributed by atoms with Crippen molar-refractivity contribution in [3.63, 3.8) is 0 Å². The summed E-state index contributed by atoms with van der Waals surface area (Å²) in [6, 6.07) is 9.78. The molecule has 0 saturated carbocycles. The van der Waals surface area contributed by atoms with Gasteiger partial charge in [0, 0.05) is 47.4 Å². The fraction of sp³-hybridized carbons (Fsp3) is 0.200. The minimum absolute atomic E-state index is 0.0633. The van der Waals surface area contributed by atoms with Crippen LogP contribution in [0.5, 0.6) is 5.75 Å². The first-order chi connectivity index (χ1) is 14.4. The normalized spacial score (nSPS) is 10.6. The summed E-state index contributed by atoms with van der Waals surface area (Å²) >= 11 is 0. The Morgan fingerprint density at radius 3 is 2.73 bits per heavy atom. The van der Waals surface area contributed by atoms with E-state index in [-0.39, 0.29) is 42.3 Å². The van der Waals surface area contributed by atoms with Gasteiger partial charge in [0.25, 0.3) is 5.69 Å². The van der Waals surface area contributed by atoms with Crippen LogP contribution in [0.4, 0.5) is 11.4 Å². The van der Waals surface area contributed by atoms with E-state index >= 15 is 0 Å². The summed E-state index contributed by atoms with van der Waals surface area (Å²) < 4.78 is 15.6. The van der Waals surface area contributed by atoms with Gasteiger partial charge in [0.2, 0.25) is 0 Å². The van der Waals surface area contributed by atoms with Crippen LogP contribution in [-0.4, -0.2) is 36.3 Å². The maximum absolute atomic E-state index is 12.6. The average molecular weight is 414 g/mol. The predicted octanol–water partition coefficient (Wildman–Crippen LogP) is 2.47. The molecule has 1 aromatic heterocycles. The number of rotatable bonds is 8. The van der Waals surface area contributed by atoms with Crippen molar-refractivity contribution in [2.24, 2.45) is 0 Å². The van der Waals surface area contributed by atoms with Crippen LogP contribution in [-0.2, 0) is 11.3 Å². The molecule has 0 fully saturated rings. The number of nitro benzene ring substituents is 1. The standard InChI is InChI=1S/C20H18N2O8/c1-28-14-3-4-15-12(8-19(24)30-18(15)10-14)11-29-20(25)16-9-13(22(26)27)2-5-17(16)21-6-7-23/h2-5,8-10,21,23H,6-7,11H2,1H3. The molecule has 2 aromatic carbocycles. The van der Waals surface area contributed by atoms with Crippen LogP contribution in [0, 0.1) is 10.1 Å². The Hall–Kier alpha value is -3.92. The maximum atomic E-state index is 12.6. The monoisotopic (exact) mass is 414 g/mol. The first-order valence-electron chi connectivity index (χ1n) is 8.84. The minimum atomic E-state index is -0.825. The highest BCUT2D eigenvalue weighted by atomic mass is 16.6. The number of hydrogen-bond acceptors (Lipinski definition) is 9. The molecule has 3 aromatic rings. The molecular formula is C20H18N2O8. The Kier molecular flexibility index (Phi) is 6.28. The van der Waals surface area contributed by atoms with Crippen LogP contribution in [0.1, 0.15) is 15.9 Å². The van der Waals surface area contributed by atoms with Crippen molar-refractivity contribution >= 4 is 28.3 Å². The Balaban J connectivity index is 1.89. The van der Waals surface area contributed by atoms with Crippen LogP contribution in [0.3, 0.4) is 0 Å². The highest BCUT2D eigenvalue weighted by Gasteiger charge is 2.19. The molecule has 0 amide bonds. The number of methoxy groups -OCH3 is 1. The average Bonchev–Trinajstić information content (AvgIpc) is 2.74. The first-order valence-corrected chi connectivity index (χ1v) is 8.84. The molecule has 0 saturated heterocycles. The highest BCUT2D eigenvalue weighted by molar-refractivity contribution is 5.96. The van der Waals surface area contributed by atoms with Crippen molar-refractivity contribution < 1.29 is 28.7 Å². The zero-order valence-electron chi connectivity index (χ0n) is 15.9. The zero-order chi connectivity index (χ0) is 21.7. The van der Waals surface area contributed by atoms with Gasteiger partial charge in [0.1, 0.15) is 17.9 Å². The van der Waals surface area contributed by atoms with Gasteiger partial charge in [-0.3, -0.25) is 10.1 Å². The molecule has 0 aliphatic heterocycles. The number of nitrogens with zero attached hydrogens (tertiary/aromatic N) is 1. The molecule has 0 aliphatic carbocycles. The van der Waals surface area contributed by atoms with E-state index in [9.17, 15) is 19.7 Å². The van der Waals surface area contributed by atoms with Crippen molar-refractivity contribution in [3.05, 3.63) is 74.1 Å². The molecule has 0 radical (unpaired) electrons. The SMILES string of the molecule is COc1ccc2c(COC(=O)c3cc([N+](=O)[O-])ccc3NCCO)cc(=O)oc2c1. The summed E-state index contributed by atoms with van der Waals surface area (Å²) in [7, 11) is 1.48. The van der Waals surface area contributed by atoms with Crippen molar-refractivity contribution in [2.45, 2.75) is 6.61 Å². The number of aliphatic hydroxyl groups excluding tert-OH is 1. The van der Waals surface area contributed by atoms with E-state index in [0.717, 1.165) is 6.07 Å². The van der Waals surface area contributed by atoms with Gasteiger partial charge in [0.15, 0.2) is 0 Å². The largest absolute Gasteiger partial charge is 0.497 e. The number of carbonyl (C=O) groups excluding carboxylic acids is 1. The summed E-state index contributed by atoms with van der Waals surface area (Å²) in [5.74, 6) is -0.329. The summed E-state index contributed by atoms with van der Waals surface area (Å²) in [5.41, 5.74) is -0.00800. The van der Waals surface area contributed by atoms with Gasteiger partial charge in [-0.2, -0.15) is 0 Å². The van der Waals surface area contributed by atoms with Crippen LogP contribution in [0.25, 0.3) is 11.0 Å². The number of fused-ring (bicyclic) bond motifs is 1. The Bertz CT molecular complexity index is 1160. The van der Waals surface area contributed by atoms with Crippen molar-refractivity contribution in [3.8, 4) is 5.75 Å². The van der Waals surface area contributed by atoms with Gasteiger partial charge in [-0.15, -0.1) is 0 Å². The van der Waals surface area contributed by atoms with E-state index in [2.05, 4.69) is 5.32 Å². The second kappa shape index (κ2) is 9.05. The van der Waals surface area contributed by atoms with Crippen LogP contribution >= 0.6 is 0 Å². The maximum Gasteiger partial charge on any atom is 0.340 e. The van der Waals surface area contributed by atoms with Crippen LogP contribution < -0.4 is 15.7 Å². The topological polar surface area (TPSA) is 141 Å². The van der Waals surface area contributed by atoms with Crippen molar-refractivity contribution in [1.82, 2.24) is 0 Å². The zero-order valence-corrected chi connectivity index (χ0v) is 15.9. The van der Waals surface area contributed by atoms with Gasteiger partial charge in [-0.25, -0.2) is 9.59 Å². The van der Waals surface area contributed by atoms with E-state index in [1.54, 1.807) is 18.2 Å². The molecule has 156 valence electrons. The lowest BCUT2D eigenvalue weighted by Gasteiger charge is -2.12. The molecule has 2 N–H and O–H groups in total. The highest BCUT2D eigenvalue weighted by Crippen LogP contribution is 2.25. The van der Waals surface area contributed by atoms with Crippen molar-refractivity contribution in [1.29, 1.82) is 0 Å². The smallest absolute Gasteiger partial charge is 0.340 e. The summed E-state index contributed by atoms with van der Waals surface area (Å²) in [4.78, 5) is 34.9. The molecule has 30 heavy (non-hydrogen) atoms.